The zero-order valence-electron chi connectivity index (χ0n) is 16.8. The Morgan fingerprint density at radius 1 is 1.53 bits per heavy atom. The summed E-state index contributed by atoms with van der Waals surface area (Å²) in [4.78, 5) is 24.4. The van der Waals surface area contributed by atoms with Gasteiger partial charge in [0, 0.05) is 25.4 Å². The van der Waals surface area contributed by atoms with Gasteiger partial charge in [-0.1, -0.05) is 0 Å². The van der Waals surface area contributed by atoms with Crippen molar-refractivity contribution in [1.29, 1.82) is 0 Å². The number of hydrogen-bond donors (Lipinski definition) is 7. The third-order valence-electron chi connectivity index (χ3n) is 5.09. The molecule has 168 valence electrons. The second kappa shape index (κ2) is 8.37. The van der Waals surface area contributed by atoms with Crippen LogP contribution < -0.4 is 21.7 Å². The summed E-state index contributed by atoms with van der Waals surface area (Å²) in [5, 5.41) is 39.1. The van der Waals surface area contributed by atoms with E-state index in [0.29, 0.717) is 13.3 Å². The topological polar surface area (TPSA) is 188 Å². The summed E-state index contributed by atoms with van der Waals surface area (Å²) < 4.78 is 16.3. The average molecular weight is 429 g/mol. The molecular weight excluding hydrogens is 402 g/mol. The number of allylic oxidation sites excluding steroid dienone is 1. The molecule has 0 saturated carbocycles. The quantitative estimate of drug-likeness (QED) is 0.151. The van der Waals surface area contributed by atoms with Crippen LogP contribution in [-0.2, 0) is 23.8 Å². The minimum Gasteiger partial charge on any atom is -0.479 e. The summed E-state index contributed by atoms with van der Waals surface area (Å²) in [7, 11) is 1.78. The number of aliphatic hydroxyl groups excluding tert-OH is 2. The number of nitrogens with two attached hydrogens (primary N) is 1. The maximum Gasteiger partial charge on any atom is 0.339 e. The molecule has 1 fully saturated rings. The zero-order valence-corrected chi connectivity index (χ0v) is 16.8. The molecule has 3 aliphatic rings. The Balaban J connectivity index is 1.80. The minimum absolute atomic E-state index is 0.0629. The molecule has 0 spiro atoms. The van der Waals surface area contributed by atoms with Crippen molar-refractivity contribution in [2.75, 3.05) is 20.4 Å². The number of esters is 1. The fourth-order valence-corrected chi connectivity index (χ4v) is 3.67. The van der Waals surface area contributed by atoms with E-state index in [1.807, 2.05) is 6.92 Å². The number of ether oxygens (including phenoxy) is 3. The molecule has 13 nitrogen and oxygen atoms in total. The Morgan fingerprint density at radius 2 is 2.23 bits per heavy atom. The molecule has 0 amide bonds. The molecule has 0 aromatic carbocycles. The summed E-state index contributed by atoms with van der Waals surface area (Å²) in [6.45, 7) is 3.66. The number of carboxylic acids is 1. The molecule has 0 aliphatic carbocycles. The van der Waals surface area contributed by atoms with E-state index in [2.05, 4.69) is 16.0 Å². The summed E-state index contributed by atoms with van der Waals surface area (Å²) >= 11 is 0. The van der Waals surface area contributed by atoms with Crippen molar-refractivity contribution in [1.82, 2.24) is 20.9 Å². The molecule has 0 bridgehead atoms. The monoisotopic (exact) mass is 429 g/mol. The molecule has 3 rings (SSSR count). The van der Waals surface area contributed by atoms with Crippen molar-refractivity contribution in [3.8, 4) is 0 Å². The van der Waals surface area contributed by atoms with Crippen LogP contribution in [-0.4, -0.2) is 89.0 Å². The van der Waals surface area contributed by atoms with Crippen LogP contribution in [0.3, 0.4) is 0 Å². The fourth-order valence-electron chi connectivity index (χ4n) is 3.67. The van der Waals surface area contributed by atoms with Gasteiger partial charge in [-0.3, -0.25) is 10.1 Å². The second-order valence-corrected chi connectivity index (χ2v) is 7.16. The number of nitrogens with one attached hydrogen (secondary N) is 3. The number of aliphatic carboxylic acids is 1. The number of rotatable bonds is 8. The van der Waals surface area contributed by atoms with Gasteiger partial charge in [0.1, 0.15) is 11.9 Å². The lowest BCUT2D eigenvalue weighted by atomic mass is 10.1. The Hall–Kier alpha value is -2.42. The third kappa shape index (κ3) is 3.82. The summed E-state index contributed by atoms with van der Waals surface area (Å²) in [5.41, 5.74) is 7.59. The molecular formula is C17H27N5O8. The van der Waals surface area contributed by atoms with Gasteiger partial charge < -0.3 is 50.8 Å². The van der Waals surface area contributed by atoms with Crippen molar-refractivity contribution < 1.29 is 39.1 Å². The third-order valence-corrected chi connectivity index (χ3v) is 5.09. The number of carboxylic acid groups (broad SMARTS) is 1. The predicted octanol–water partition coefficient (Wildman–Crippen LogP) is -3.16. The second-order valence-electron chi connectivity index (χ2n) is 7.16. The van der Waals surface area contributed by atoms with Crippen molar-refractivity contribution in [2.24, 2.45) is 5.73 Å². The molecule has 6 atom stereocenters. The summed E-state index contributed by atoms with van der Waals surface area (Å²) in [6.07, 6.45) is -4.85. The van der Waals surface area contributed by atoms with Gasteiger partial charge in [0.15, 0.2) is 6.10 Å². The molecule has 8 N–H and O–H groups in total. The normalized spacial score (nSPS) is 32.3. The molecule has 3 aliphatic heterocycles. The number of carbonyl (C=O) groups is 2. The van der Waals surface area contributed by atoms with Gasteiger partial charge in [-0.05, 0) is 14.0 Å². The van der Waals surface area contributed by atoms with E-state index in [0.717, 1.165) is 24.4 Å². The zero-order chi connectivity index (χ0) is 22.2. The lowest BCUT2D eigenvalue weighted by molar-refractivity contribution is -0.255. The first-order valence-corrected chi connectivity index (χ1v) is 9.32. The van der Waals surface area contributed by atoms with Crippen LogP contribution in [0.1, 0.15) is 13.8 Å². The van der Waals surface area contributed by atoms with Gasteiger partial charge in [-0.15, -0.1) is 0 Å². The number of aliphatic hydroxyl groups is 2. The molecule has 13 heteroatoms. The SMILES string of the molecule is CNCNC(N)C1=C(C)N(C2OC3=CC(OC(C)=O)(C(O)C(=O)O)OC3C2O)CN1. The summed E-state index contributed by atoms with van der Waals surface area (Å²) in [6, 6.07) is 0. The minimum atomic E-state index is -2.29. The van der Waals surface area contributed by atoms with Crippen LogP contribution in [0.5, 0.6) is 0 Å². The molecule has 1 saturated heterocycles. The van der Waals surface area contributed by atoms with Crippen molar-refractivity contribution in [3.05, 3.63) is 23.2 Å². The van der Waals surface area contributed by atoms with Crippen LogP contribution in [0.4, 0.5) is 0 Å². The molecule has 0 radical (unpaired) electrons. The van der Waals surface area contributed by atoms with Crippen LogP contribution in [0, 0.1) is 0 Å². The molecule has 3 heterocycles. The van der Waals surface area contributed by atoms with Crippen molar-refractivity contribution in [2.45, 2.75) is 50.3 Å². The first-order chi connectivity index (χ1) is 14.1. The Labute approximate surface area is 172 Å². The number of hydrogen-bond acceptors (Lipinski definition) is 12. The highest BCUT2D eigenvalue weighted by atomic mass is 16.8. The van der Waals surface area contributed by atoms with E-state index < -0.39 is 48.4 Å². The average Bonchev–Trinajstić information content (AvgIpc) is 3.31. The Morgan fingerprint density at radius 3 is 2.80 bits per heavy atom. The lowest BCUT2D eigenvalue weighted by Crippen LogP contribution is -2.52. The first kappa shape index (κ1) is 22.3. The number of carbonyl (C=O) groups excluding carboxylic acids is 1. The highest BCUT2D eigenvalue weighted by Crippen LogP contribution is 2.42. The van der Waals surface area contributed by atoms with Crippen LogP contribution in [0.2, 0.25) is 0 Å². The predicted molar refractivity (Wildman–Crippen MR) is 99.6 cm³/mol. The Kier molecular flexibility index (Phi) is 6.21. The highest BCUT2D eigenvalue weighted by molar-refractivity contribution is 5.75. The standard InChI is InChI=1S/C17H27N5O8/c1-7-10(14(18)20-5-19-3)21-6-22(7)15-11(24)12-9(28-15)4-17(30-12,29-8(2)23)13(25)16(26)27/h4,11-15,19-21,24-25H,5-6,18H2,1-3H3,(H,26,27). The molecule has 30 heavy (non-hydrogen) atoms. The summed E-state index contributed by atoms with van der Waals surface area (Å²) in [5.74, 6) is -4.75. The van der Waals surface area contributed by atoms with Crippen LogP contribution in [0.25, 0.3) is 0 Å². The van der Waals surface area contributed by atoms with E-state index in [1.165, 1.54) is 0 Å². The van der Waals surface area contributed by atoms with Gasteiger partial charge in [0.25, 0.3) is 5.79 Å². The van der Waals surface area contributed by atoms with Gasteiger partial charge in [0.05, 0.1) is 18.5 Å². The first-order valence-electron chi connectivity index (χ1n) is 9.32. The van der Waals surface area contributed by atoms with Crippen molar-refractivity contribution in [3.63, 3.8) is 0 Å². The van der Waals surface area contributed by atoms with E-state index >= 15 is 0 Å². The lowest BCUT2D eigenvalue weighted by Gasteiger charge is -2.33. The van der Waals surface area contributed by atoms with E-state index in [9.17, 15) is 19.8 Å². The smallest absolute Gasteiger partial charge is 0.339 e. The fraction of sp³-hybridized carbons (Fsp3) is 0.647. The number of nitrogens with zero attached hydrogens (tertiary/aromatic N) is 1. The molecule has 6 unspecified atom stereocenters. The molecule has 0 aromatic rings. The van der Waals surface area contributed by atoms with E-state index in [-0.39, 0.29) is 5.76 Å². The van der Waals surface area contributed by atoms with Gasteiger partial charge in [0.2, 0.25) is 12.3 Å². The highest BCUT2D eigenvalue weighted by Gasteiger charge is 2.59. The number of fused-ring (bicyclic) bond motifs is 1. The van der Waals surface area contributed by atoms with Crippen molar-refractivity contribution >= 4 is 11.9 Å². The largest absolute Gasteiger partial charge is 0.479 e. The van der Waals surface area contributed by atoms with Gasteiger partial charge in [-0.2, -0.15) is 0 Å². The van der Waals surface area contributed by atoms with Gasteiger partial charge >= 0.3 is 11.9 Å². The maximum atomic E-state index is 11.4. The van der Waals surface area contributed by atoms with Crippen LogP contribution >= 0.6 is 0 Å². The van der Waals surface area contributed by atoms with Crippen LogP contribution in [0.15, 0.2) is 23.2 Å². The van der Waals surface area contributed by atoms with Gasteiger partial charge in [-0.25, -0.2) is 4.79 Å². The maximum absolute atomic E-state index is 11.4. The Bertz CT molecular complexity index is 773. The van der Waals surface area contributed by atoms with E-state index in [1.54, 1.807) is 11.9 Å². The molecule has 0 aromatic heterocycles. The van der Waals surface area contributed by atoms with E-state index in [4.69, 9.17) is 25.1 Å².